The number of rotatable bonds is 3. The summed E-state index contributed by atoms with van der Waals surface area (Å²) in [6, 6.07) is 6.56. The summed E-state index contributed by atoms with van der Waals surface area (Å²) in [5, 5.41) is 11.9. The van der Waals surface area contributed by atoms with E-state index < -0.39 is 6.10 Å². The lowest BCUT2D eigenvalue weighted by molar-refractivity contribution is 0.0824. The van der Waals surface area contributed by atoms with Gasteiger partial charge < -0.3 is 14.6 Å². The Labute approximate surface area is 160 Å². The molecule has 3 aromatic rings. The average molecular weight is 364 g/mol. The van der Waals surface area contributed by atoms with Gasteiger partial charge in [-0.1, -0.05) is 12.1 Å². The van der Waals surface area contributed by atoms with Gasteiger partial charge in [-0.3, -0.25) is 0 Å². The van der Waals surface area contributed by atoms with Gasteiger partial charge in [-0.05, 0) is 62.3 Å². The number of anilines is 1. The second-order valence-electron chi connectivity index (χ2n) is 7.87. The Balaban J connectivity index is 1.54. The van der Waals surface area contributed by atoms with Gasteiger partial charge in [0.2, 0.25) is 0 Å². The first-order valence-electron chi connectivity index (χ1n) is 9.73. The number of nitrogens with zero attached hydrogens (tertiary/aromatic N) is 4. The van der Waals surface area contributed by atoms with Crippen LogP contribution in [0.1, 0.15) is 41.5 Å². The second-order valence-corrected chi connectivity index (χ2v) is 7.87. The number of aliphatic hydroxyl groups is 1. The normalized spacial score (nSPS) is 16.9. The monoisotopic (exact) mass is 364 g/mol. The van der Waals surface area contributed by atoms with Crippen LogP contribution >= 0.6 is 0 Å². The van der Waals surface area contributed by atoms with E-state index in [9.17, 15) is 5.11 Å². The zero-order chi connectivity index (χ0) is 19.1. The van der Waals surface area contributed by atoms with Crippen LogP contribution in [0.4, 0.5) is 5.82 Å². The summed E-state index contributed by atoms with van der Waals surface area (Å²) in [6.07, 6.45) is 5.03. The highest BCUT2D eigenvalue weighted by Gasteiger charge is 2.29. The van der Waals surface area contributed by atoms with Crippen LogP contribution in [0.25, 0.3) is 10.9 Å². The Kier molecular flexibility index (Phi) is 4.64. The molecule has 1 fully saturated rings. The number of imidazole rings is 1. The fourth-order valence-corrected chi connectivity index (χ4v) is 4.16. The summed E-state index contributed by atoms with van der Waals surface area (Å²) in [5.74, 6) is 2.06. The van der Waals surface area contributed by atoms with Crippen molar-refractivity contribution >= 4 is 16.7 Å². The molecule has 0 bridgehead atoms. The van der Waals surface area contributed by atoms with E-state index in [0.29, 0.717) is 0 Å². The molecule has 1 aliphatic rings. The number of aliphatic hydroxyl groups excluding tert-OH is 1. The van der Waals surface area contributed by atoms with Crippen molar-refractivity contribution in [2.24, 2.45) is 13.0 Å². The third-order valence-electron chi connectivity index (χ3n) is 6.13. The molecule has 0 saturated carbocycles. The van der Waals surface area contributed by atoms with Gasteiger partial charge in [0.1, 0.15) is 17.7 Å². The molecule has 2 aromatic heterocycles. The first-order valence-corrected chi connectivity index (χ1v) is 9.73. The second kappa shape index (κ2) is 6.97. The molecule has 0 spiro atoms. The SMILES string of the molecule is Cc1ccc2c(C)cc(N3CCC(C(O)c4nccn4C)CC3)nc2c1C. The van der Waals surface area contributed by atoms with Crippen LogP contribution in [-0.2, 0) is 7.05 Å². The number of aromatic nitrogens is 3. The van der Waals surface area contributed by atoms with Crippen LogP contribution < -0.4 is 4.90 Å². The van der Waals surface area contributed by atoms with Crippen LogP contribution in [0.2, 0.25) is 0 Å². The smallest absolute Gasteiger partial charge is 0.137 e. The molecule has 5 nitrogen and oxygen atoms in total. The van der Waals surface area contributed by atoms with E-state index in [4.69, 9.17) is 4.98 Å². The summed E-state index contributed by atoms with van der Waals surface area (Å²) >= 11 is 0. The van der Waals surface area contributed by atoms with E-state index in [-0.39, 0.29) is 5.92 Å². The molecular formula is C22H28N4O. The third-order valence-corrected chi connectivity index (χ3v) is 6.13. The van der Waals surface area contributed by atoms with Gasteiger partial charge in [-0.2, -0.15) is 0 Å². The lowest BCUT2D eigenvalue weighted by Crippen LogP contribution is -2.36. The van der Waals surface area contributed by atoms with Crippen molar-refractivity contribution in [2.75, 3.05) is 18.0 Å². The molecule has 0 aliphatic carbocycles. The standard InChI is InChI=1S/C22H28N4O/c1-14-5-6-18-15(2)13-19(24-20(18)16(14)3)26-10-7-17(8-11-26)21(27)22-23-9-12-25(22)4/h5-6,9,12-13,17,21,27H,7-8,10-11H2,1-4H3. The van der Waals surface area contributed by atoms with Gasteiger partial charge in [0, 0.05) is 37.9 Å². The van der Waals surface area contributed by atoms with Crippen molar-refractivity contribution in [3.8, 4) is 0 Å². The highest BCUT2D eigenvalue weighted by atomic mass is 16.3. The lowest BCUT2D eigenvalue weighted by Gasteiger charge is -2.35. The maximum Gasteiger partial charge on any atom is 0.137 e. The Morgan fingerprint density at radius 1 is 1.11 bits per heavy atom. The summed E-state index contributed by atoms with van der Waals surface area (Å²) in [5.41, 5.74) is 4.93. The van der Waals surface area contributed by atoms with Gasteiger partial charge in [0.25, 0.3) is 0 Å². The third kappa shape index (κ3) is 3.21. The number of fused-ring (bicyclic) bond motifs is 1. The molecule has 5 heteroatoms. The van der Waals surface area contributed by atoms with E-state index in [2.05, 4.69) is 48.9 Å². The Hall–Kier alpha value is -2.40. The largest absolute Gasteiger partial charge is 0.385 e. The quantitative estimate of drug-likeness (QED) is 0.767. The van der Waals surface area contributed by atoms with Gasteiger partial charge in [0.15, 0.2) is 0 Å². The van der Waals surface area contributed by atoms with Crippen LogP contribution in [0.15, 0.2) is 30.6 Å². The summed E-state index contributed by atoms with van der Waals surface area (Å²) in [6.45, 7) is 8.29. The molecule has 1 unspecified atom stereocenters. The highest BCUT2D eigenvalue weighted by molar-refractivity contribution is 5.87. The summed E-state index contributed by atoms with van der Waals surface area (Å²) < 4.78 is 1.91. The number of pyridine rings is 1. The first-order chi connectivity index (χ1) is 13.0. The van der Waals surface area contributed by atoms with E-state index in [0.717, 1.165) is 43.1 Å². The lowest BCUT2D eigenvalue weighted by atomic mass is 9.90. The molecule has 1 saturated heterocycles. The van der Waals surface area contributed by atoms with Crippen LogP contribution in [0.5, 0.6) is 0 Å². The Morgan fingerprint density at radius 3 is 2.52 bits per heavy atom. The predicted octanol–water partition coefficient (Wildman–Crippen LogP) is 3.84. The topological polar surface area (TPSA) is 54.2 Å². The van der Waals surface area contributed by atoms with E-state index in [1.54, 1.807) is 6.20 Å². The zero-order valence-electron chi connectivity index (χ0n) is 16.6. The van der Waals surface area contributed by atoms with Gasteiger partial charge in [0.05, 0.1) is 5.52 Å². The maximum absolute atomic E-state index is 10.7. The Morgan fingerprint density at radius 2 is 1.85 bits per heavy atom. The molecule has 27 heavy (non-hydrogen) atoms. The van der Waals surface area contributed by atoms with Crippen molar-refractivity contribution in [1.82, 2.24) is 14.5 Å². The molecule has 1 aromatic carbocycles. The molecule has 0 amide bonds. The van der Waals surface area contributed by atoms with Crippen LogP contribution in [0, 0.1) is 26.7 Å². The zero-order valence-corrected chi connectivity index (χ0v) is 16.6. The minimum Gasteiger partial charge on any atom is -0.385 e. The number of benzene rings is 1. The van der Waals surface area contributed by atoms with E-state index in [1.807, 2.05) is 17.8 Å². The number of hydrogen-bond donors (Lipinski definition) is 1. The van der Waals surface area contributed by atoms with Crippen molar-refractivity contribution in [3.05, 3.63) is 53.1 Å². The fraction of sp³-hybridized carbons (Fsp3) is 0.455. The molecule has 4 rings (SSSR count). The van der Waals surface area contributed by atoms with Crippen molar-refractivity contribution < 1.29 is 5.11 Å². The van der Waals surface area contributed by atoms with Crippen molar-refractivity contribution in [3.63, 3.8) is 0 Å². The van der Waals surface area contributed by atoms with E-state index >= 15 is 0 Å². The van der Waals surface area contributed by atoms with Gasteiger partial charge >= 0.3 is 0 Å². The fourth-order valence-electron chi connectivity index (χ4n) is 4.16. The summed E-state index contributed by atoms with van der Waals surface area (Å²) in [7, 11) is 1.94. The molecule has 0 radical (unpaired) electrons. The minimum atomic E-state index is -0.497. The summed E-state index contributed by atoms with van der Waals surface area (Å²) in [4.78, 5) is 11.7. The first kappa shape index (κ1) is 18.0. The molecular weight excluding hydrogens is 336 g/mol. The van der Waals surface area contributed by atoms with Gasteiger partial charge in [-0.15, -0.1) is 0 Å². The highest BCUT2D eigenvalue weighted by Crippen LogP contribution is 2.33. The molecule has 1 N–H and O–H groups in total. The minimum absolute atomic E-state index is 0.243. The predicted molar refractivity (Wildman–Crippen MR) is 109 cm³/mol. The average Bonchev–Trinajstić information content (AvgIpc) is 3.10. The van der Waals surface area contributed by atoms with E-state index in [1.165, 1.54) is 22.1 Å². The molecule has 142 valence electrons. The van der Waals surface area contributed by atoms with Crippen LogP contribution in [0.3, 0.4) is 0 Å². The molecule has 3 heterocycles. The number of aryl methyl sites for hydroxylation is 4. The van der Waals surface area contributed by atoms with Crippen LogP contribution in [-0.4, -0.2) is 32.7 Å². The van der Waals surface area contributed by atoms with Crippen molar-refractivity contribution in [1.29, 1.82) is 0 Å². The van der Waals surface area contributed by atoms with Gasteiger partial charge in [-0.25, -0.2) is 9.97 Å². The van der Waals surface area contributed by atoms with Crippen molar-refractivity contribution in [2.45, 2.75) is 39.7 Å². The Bertz CT molecular complexity index is 970. The maximum atomic E-state index is 10.7. The number of hydrogen-bond acceptors (Lipinski definition) is 4. The molecule has 1 atom stereocenters. The number of piperidine rings is 1. The molecule has 1 aliphatic heterocycles.